The Hall–Kier alpha value is -1.77. The second-order valence-corrected chi connectivity index (χ2v) is 6.28. The number of hydrogen-bond donors (Lipinski definition) is 0. The molecule has 0 heterocycles. The summed E-state index contributed by atoms with van der Waals surface area (Å²) in [5.74, 6) is -1.01. The lowest BCUT2D eigenvalue weighted by molar-refractivity contribution is -0.133. The maximum Gasteiger partial charge on any atom is 0.170 e. The molecule has 0 spiro atoms. The van der Waals surface area contributed by atoms with Gasteiger partial charge in [-0.05, 0) is 45.4 Å². The molecule has 0 amide bonds. The molecule has 0 unspecified atom stereocenters. The lowest BCUT2D eigenvalue weighted by Gasteiger charge is -2.34. The average molecular weight is 300 g/mol. The molecule has 2 aliphatic carbocycles. The van der Waals surface area contributed by atoms with Crippen LogP contribution in [0, 0.1) is 17.8 Å². The minimum Gasteiger partial charge on any atom is -0.294 e. The van der Waals surface area contributed by atoms with Crippen molar-refractivity contribution in [1.29, 1.82) is 0 Å². The summed E-state index contributed by atoms with van der Waals surface area (Å²) in [7, 11) is 0. The normalized spacial score (nSPS) is 26.5. The van der Waals surface area contributed by atoms with Gasteiger partial charge in [0.1, 0.15) is 0 Å². The summed E-state index contributed by atoms with van der Waals surface area (Å²) >= 11 is 0. The number of hydrogen-bond acceptors (Lipinski definition) is 3. The summed E-state index contributed by atoms with van der Waals surface area (Å²) in [6, 6.07) is 0. The number of ketones is 3. The van der Waals surface area contributed by atoms with Gasteiger partial charge in [-0.3, -0.25) is 14.4 Å². The van der Waals surface area contributed by atoms with Crippen molar-refractivity contribution in [3.8, 4) is 0 Å². The number of allylic oxidation sites excluding steroid dienone is 6. The van der Waals surface area contributed by atoms with Crippen LogP contribution in [0.15, 0.2) is 35.5 Å². The van der Waals surface area contributed by atoms with Crippen LogP contribution in [0.3, 0.4) is 0 Å². The molecular weight excluding hydrogens is 276 g/mol. The maximum atomic E-state index is 12.9. The summed E-state index contributed by atoms with van der Waals surface area (Å²) in [6.07, 6.45) is 10.8. The lowest BCUT2D eigenvalue weighted by atomic mass is 9.66. The second-order valence-electron chi connectivity index (χ2n) is 6.28. The molecule has 3 heteroatoms. The van der Waals surface area contributed by atoms with Gasteiger partial charge in [-0.2, -0.15) is 0 Å². The van der Waals surface area contributed by atoms with Crippen molar-refractivity contribution >= 4 is 17.3 Å². The molecule has 0 saturated heterocycles. The van der Waals surface area contributed by atoms with Crippen LogP contribution in [0.2, 0.25) is 0 Å². The fourth-order valence-corrected chi connectivity index (χ4v) is 3.54. The SMILES string of the molecule is C/C=C\CC[C@@H](C)C1=C(C(C)=O)C(=O)[C@H]2CC=CC[C@H]2C1=O. The maximum absolute atomic E-state index is 12.9. The van der Waals surface area contributed by atoms with Crippen LogP contribution in [0.1, 0.15) is 46.5 Å². The van der Waals surface area contributed by atoms with Gasteiger partial charge >= 0.3 is 0 Å². The molecule has 0 fully saturated rings. The van der Waals surface area contributed by atoms with Crippen molar-refractivity contribution in [2.75, 3.05) is 0 Å². The van der Waals surface area contributed by atoms with Crippen molar-refractivity contribution in [2.24, 2.45) is 17.8 Å². The van der Waals surface area contributed by atoms with Gasteiger partial charge in [-0.15, -0.1) is 0 Å². The van der Waals surface area contributed by atoms with Gasteiger partial charge in [0.15, 0.2) is 17.3 Å². The van der Waals surface area contributed by atoms with E-state index in [1.54, 1.807) is 0 Å². The minimum atomic E-state index is -0.331. The summed E-state index contributed by atoms with van der Waals surface area (Å²) in [4.78, 5) is 37.6. The molecule has 3 nitrogen and oxygen atoms in total. The fourth-order valence-electron chi connectivity index (χ4n) is 3.54. The highest BCUT2D eigenvalue weighted by Crippen LogP contribution is 2.39. The Kier molecular flexibility index (Phi) is 5.28. The van der Waals surface area contributed by atoms with Crippen LogP contribution >= 0.6 is 0 Å². The van der Waals surface area contributed by atoms with Crippen molar-refractivity contribution in [1.82, 2.24) is 0 Å². The summed E-state index contributed by atoms with van der Waals surface area (Å²) in [5, 5.41) is 0. The lowest BCUT2D eigenvalue weighted by Crippen LogP contribution is -2.41. The molecule has 0 aliphatic heterocycles. The Morgan fingerprint density at radius 3 is 2.36 bits per heavy atom. The van der Waals surface area contributed by atoms with E-state index in [1.807, 2.05) is 38.2 Å². The molecule has 0 aromatic carbocycles. The molecule has 3 atom stereocenters. The molecule has 22 heavy (non-hydrogen) atoms. The third-order valence-corrected chi connectivity index (χ3v) is 4.73. The molecule has 118 valence electrons. The molecule has 0 aromatic rings. The third-order valence-electron chi connectivity index (χ3n) is 4.73. The first-order valence-corrected chi connectivity index (χ1v) is 8.08. The smallest absolute Gasteiger partial charge is 0.170 e. The van der Waals surface area contributed by atoms with Gasteiger partial charge in [0, 0.05) is 17.4 Å². The molecule has 2 aliphatic rings. The van der Waals surface area contributed by atoms with Gasteiger partial charge < -0.3 is 0 Å². The summed E-state index contributed by atoms with van der Waals surface area (Å²) in [6.45, 7) is 5.31. The van der Waals surface area contributed by atoms with Gasteiger partial charge in [-0.25, -0.2) is 0 Å². The molecule has 0 radical (unpaired) electrons. The van der Waals surface area contributed by atoms with Crippen molar-refractivity contribution < 1.29 is 14.4 Å². The second kappa shape index (κ2) is 6.99. The number of fused-ring (bicyclic) bond motifs is 1. The Morgan fingerprint density at radius 2 is 1.82 bits per heavy atom. The zero-order chi connectivity index (χ0) is 16.3. The van der Waals surface area contributed by atoms with Crippen molar-refractivity contribution in [3.05, 3.63) is 35.5 Å². The van der Waals surface area contributed by atoms with Gasteiger partial charge in [0.05, 0.1) is 5.57 Å². The number of carbonyl (C=O) groups excluding carboxylic acids is 3. The van der Waals surface area contributed by atoms with E-state index in [4.69, 9.17) is 0 Å². The highest BCUT2D eigenvalue weighted by Gasteiger charge is 2.44. The topological polar surface area (TPSA) is 51.2 Å². The number of carbonyl (C=O) groups is 3. The van der Waals surface area contributed by atoms with E-state index in [0.29, 0.717) is 18.4 Å². The first kappa shape index (κ1) is 16.6. The molecule has 0 N–H and O–H groups in total. The largest absolute Gasteiger partial charge is 0.294 e. The molecular formula is C19H24O3. The number of Topliss-reactive ketones (excluding diaryl/α,β-unsaturated/α-hetero) is 3. The molecule has 0 saturated carbocycles. The zero-order valence-electron chi connectivity index (χ0n) is 13.6. The minimum absolute atomic E-state index is 0.0205. The van der Waals surface area contributed by atoms with E-state index in [9.17, 15) is 14.4 Å². The van der Waals surface area contributed by atoms with Crippen LogP contribution in [0.25, 0.3) is 0 Å². The van der Waals surface area contributed by atoms with Crippen LogP contribution in [-0.2, 0) is 14.4 Å². The summed E-state index contributed by atoms with van der Waals surface area (Å²) < 4.78 is 0. The highest BCUT2D eigenvalue weighted by atomic mass is 16.2. The van der Waals surface area contributed by atoms with Crippen LogP contribution < -0.4 is 0 Å². The van der Waals surface area contributed by atoms with E-state index in [0.717, 1.165) is 12.8 Å². The van der Waals surface area contributed by atoms with Crippen LogP contribution in [-0.4, -0.2) is 17.3 Å². The standard InChI is InChI=1S/C19H24O3/c1-4-5-6-9-12(2)16-17(13(3)20)19(22)15-11-8-7-10-14(15)18(16)21/h4-5,7-8,12,14-15H,6,9-11H2,1-3H3/b5-4-/t12-,14-,15+/m1/s1. The van der Waals surface area contributed by atoms with Crippen molar-refractivity contribution in [3.63, 3.8) is 0 Å². The zero-order valence-corrected chi connectivity index (χ0v) is 13.6. The van der Waals surface area contributed by atoms with Crippen LogP contribution in [0.4, 0.5) is 0 Å². The average Bonchev–Trinajstić information content (AvgIpc) is 2.50. The predicted octanol–water partition coefficient (Wildman–Crippen LogP) is 3.60. The van der Waals surface area contributed by atoms with Gasteiger partial charge in [0.25, 0.3) is 0 Å². The van der Waals surface area contributed by atoms with Crippen LogP contribution in [0.5, 0.6) is 0 Å². The van der Waals surface area contributed by atoms with E-state index >= 15 is 0 Å². The quantitative estimate of drug-likeness (QED) is 0.576. The number of rotatable bonds is 5. The highest BCUT2D eigenvalue weighted by molar-refractivity contribution is 6.28. The van der Waals surface area contributed by atoms with Gasteiger partial charge in [-0.1, -0.05) is 31.2 Å². The van der Waals surface area contributed by atoms with E-state index in [-0.39, 0.29) is 40.7 Å². The Morgan fingerprint density at radius 1 is 1.23 bits per heavy atom. The third kappa shape index (κ3) is 3.03. The summed E-state index contributed by atoms with van der Waals surface area (Å²) in [5.41, 5.74) is 0.660. The first-order valence-electron chi connectivity index (χ1n) is 8.08. The molecule has 2 rings (SSSR count). The first-order chi connectivity index (χ1) is 10.5. The van der Waals surface area contributed by atoms with Gasteiger partial charge in [0.2, 0.25) is 0 Å². The van der Waals surface area contributed by atoms with Crippen molar-refractivity contribution in [2.45, 2.75) is 46.5 Å². The van der Waals surface area contributed by atoms with E-state index in [2.05, 4.69) is 0 Å². The van der Waals surface area contributed by atoms with E-state index < -0.39 is 0 Å². The fraction of sp³-hybridized carbons (Fsp3) is 0.526. The molecule has 0 bridgehead atoms. The monoisotopic (exact) mass is 300 g/mol. The van der Waals surface area contributed by atoms with E-state index in [1.165, 1.54) is 6.92 Å². The Bertz CT molecular complexity index is 577. The Balaban J connectivity index is 2.40. The predicted molar refractivity (Wildman–Crippen MR) is 86.3 cm³/mol. The molecule has 0 aromatic heterocycles. The Labute approximate surface area is 132 Å².